The maximum absolute atomic E-state index is 11.3. The molecule has 0 aromatic rings. The van der Waals surface area contributed by atoms with E-state index in [1.807, 2.05) is 0 Å². The smallest absolute Gasteiger partial charge is 0.0728 e. The van der Waals surface area contributed by atoms with Crippen LogP contribution in [0, 0.1) is 52.3 Å². The predicted octanol–water partition coefficient (Wildman–Crippen LogP) is 5.38. The molecule has 4 unspecified atom stereocenters. The van der Waals surface area contributed by atoms with Crippen molar-refractivity contribution in [2.75, 3.05) is 0 Å². The first-order valence-corrected chi connectivity index (χ1v) is 13.2. The standard InChI is InChI=1S/C27H49NO2/c1-16(2)7-6-8-17(3)19-9-10-20-23-21(12-14-26(19,20)4)27(5)13-11-18(29)15-22(27)25(30)24(23)28/h16-25,29-30H,6-15,28H2,1-5H3/t17-,18?,19-,20+,21+,22?,23+,24?,25?,26-,27-/m1/s1. The first-order valence-electron chi connectivity index (χ1n) is 13.2. The van der Waals surface area contributed by atoms with Crippen molar-refractivity contribution >= 4 is 0 Å². The SMILES string of the molecule is CC(C)CCC[C@@H](C)[C@H]1CC[C@H]2[C@@H]3C(N)C(O)C4CC(O)CC[C@]4(C)[C@H]3CC[C@]12C. The van der Waals surface area contributed by atoms with Gasteiger partial charge in [-0.2, -0.15) is 0 Å². The Morgan fingerprint density at radius 3 is 2.23 bits per heavy atom. The van der Waals surface area contributed by atoms with E-state index in [4.69, 9.17) is 5.73 Å². The molecule has 3 nitrogen and oxygen atoms in total. The summed E-state index contributed by atoms with van der Waals surface area (Å²) in [5.41, 5.74) is 7.41. The molecular formula is C27H49NO2. The van der Waals surface area contributed by atoms with Gasteiger partial charge in [-0.1, -0.05) is 53.9 Å². The minimum atomic E-state index is -0.448. The van der Waals surface area contributed by atoms with Crippen LogP contribution in [0.2, 0.25) is 0 Å². The van der Waals surface area contributed by atoms with E-state index in [1.54, 1.807) is 0 Å². The van der Waals surface area contributed by atoms with Crippen molar-refractivity contribution in [3.63, 3.8) is 0 Å². The summed E-state index contributed by atoms with van der Waals surface area (Å²) < 4.78 is 0. The summed E-state index contributed by atoms with van der Waals surface area (Å²) in [5.74, 6) is 4.36. The second kappa shape index (κ2) is 8.34. The zero-order valence-corrected chi connectivity index (χ0v) is 20.3. The molecule has 4 aliphatic carbocycles. The lowest BCUT2D eigenvalue weighted by Gasteiger charge is -2.64. The minimum Gasteiger partial charge on any atom is -0.393 e. The van der Waals surface area contributed by atoms with Crippen LogP contribution in [0.3, 0.4) is 0 Å². The molecule has 0 spiro atoms. The Hall–Kier alpha value is -0.120. The van der Waals surface area contributed by atoms with Gasteiger partial charge in [0.1, 0.15) is 0 Å². The van der Waals surface area contributed by atoms with Crippen LogP contribution in [0.4, 0.5) is 0 Å². The second-order valence-corrected chi connectivity index (χ2v) is 12.9. The van der Waals surface area contributed by atoms with Crippen molar-refractivity contribution in [1.82, 2.24) is 0 Å². The molecule has 4 N–H and O–H groups in total. The molecule has 0 radical (unpaired) electrons. The molecule has 4 aliphatic rings. The molecule has 4 saturated carbocycles. The molecule has 3 heteroatoms. The van der Waals surface area contributed by atoms with Crippen LogP contribution in [-0.2, 0) is 0 Å². The number of hydrogen-bond donors (Lipinski definition) is 3. The minimum absolute atomic E-state index is 0.113. The van der Waals surface area contributed by atoms with Gasteiger partial charge in [-0.05, 0) is 97.2 Å². The van der Waals surface area contributed by atoms with Gasteiger partial charge in [0.05, 0.1) is 12.2 Å². The highest BCUT2D eigenvalue weighted by Crippen LogP contribution is 2.68. The summed E-state index contributed by atoms with van der Waals surface area (Å²) in [6.07, 6.45) is 11.4. The Morgan fingerprint density at radius 1 is 0.867 bits per heavy atom. The van der Waals surface area contributed by atoms with Crippen LogP contribution in [0.1, 0.15) is 98.8 Å². The quantitative estimate of drug-likeness (QED) is 0.561. The molecule has 0 saturated heterocycles. The third-order valence-electron chi connectivity index (χ3n) is 11.0. The van der Waals surface area contributed by atoms with Gasteiger partial charge >= 0.3 is 0 Å². The number of aliphatic hydroxyl groups excluding tert-OH is 2. The topological polar surface area (TPSA) is 66.5 Å². The van der Waals surface area contributed by atoms with E-state index >= 15 is 0 Å². The average molecular weight is 420 g/mol. The molecule has 11 atom stereocenters. The normalized spacial score (nSPS) is 51.9. The third kappa shape index (κ3) is 3.59. The molecule has 0 aromatic heterocycles. The lowest BCUT2D eigenvalue weighted by Crippen LogP contribution is -2.66. The predicted molar refractivity (Wildman–Crippen MR) is 124 cm³/mol. The van der Waals surface area contributed by atoms with E-state index in [1.165, 1.54) is 44.9 Å². The maximum Gasteiger partial charge on any atom is 0.0728 e. The van der Waals surface area contributed by atoms with Crippen LogP contribution >= 0.6 is 0 Å². The van der Waals surface area contributed by atoms with Gasteiger partial charge in [0.25, 0.3) is 0 Å². The Kier molecular flexibility index (Phi) is 6.41. The summed E-state index contributed by atoms with van der Waals surface area (Å²) in [6, 6.07) is -0.113. The van der Waals surface area contributed by atoms with Crippen LogP contribution in [-0.4, -0.2) is 28.5 Å². The van der Waals surface area contributed by atoms with E-state index in [0.717, 1.165) is 37.0 Å². The van der Waals surface area contributed by atoms with E-state index in [2.05, 4.69) is 34.6 Å². The van der Waals surface area contributed by atoms with E-state index in [9.17, 15) is 10.2 Å². The molecule has 174 valence electrons. The number of hydrogen-bond acceptors (Lipinski definition) is 3. The number of rotatable bonds is 5. The zero-order valence-electron chi connectivity index (χ0n) is 20.3. The Labute approximate surface area is 185 Å². The molecular weight excluding hydrogens is 370 g/mol. The Morgan fingerprint density at radius 2 is 1.53 bits per heavy atom. The first-order chi connectivity index (χ1) is 14.1. The molecule has 0 aromatic carbocycles. The van der Waals surface area contributed by atoms with Crippen LogP contribution in [0.15, 0.2) is 0 Å². The fourth-order valence-corrected chi connectivity index (χ4v) is 9.35. The fourth-order valence-electron chi connectivity index (χ4n) is 9.35. The summed E-state index contributed by atoms with van der Waals surface area (Å²) in [4.78, 5) is 0. The highest BCUT2D eigenvalue weighted by atomic mass is 16.3. The van der Waals surface area contributed by atoms with Crippen LogP contribution < -0.4 is 5.73 Å². The van der Waals surface area contributed by atoms with Gasteiger partial charge in [0, 0.05) is 6.04 Å². The zero-order chi connectivity index (χ0) is 21.8. The first kappa shape index (κ1) is 23.1. The molecule has 0 bridgehead atoms. The van der Waals surface area contributed by atoms with Gasteiger partial charge < -0.3 is 15.9 Å². The monoisotopic (exact) mass is 419 g/mol. The molecule has 0 aliphatic heterocycles. The van der Waals surface area contributed by atoms with Crippen molar-refractivity contribution in [3.05, 3.63) is 0 Å². The summed E-state index contributed by atoms with van der Waals surface area (Å²) in [6.45, 7) is 12.2. The third-order valence-corrected chi connectivity index (χ3v) is 11.0. The van der Waals surface area contributed by atoms with E-state index < -0.39 is 6.10 Å². The summed E-state index contributed by atoms with van der Waals surface area (Å²) in [7, 11) is 0. The van der Waals surface area contributed by atoms with Crippen molar-refractivity contribution in [2.45, 2.75) is 117 Å². The Balaban J connectivity index is 1.54. The number of fused-ring (bicyclic) bond motifs is 5. The summed E-state index contributed by atoms with van der Waals surface area (Å²) >= 11 is 0. The van der Waals surface area contributed by atoms with Gasteiger partial charge in [-0.25, -0.2) is 0 Å². The van der Waals surface area contributed by atoms with Gasteiger partial charge in [-0.3, -0.25) is 0 Å². The fraction of sp³-hybridized carbons (Fsp3) is 1.00. The largest absolute Gasteiger partial charge is 0.393 e. The van der Waals surface area contributed by atoms with E-state index in [0.29, 0.717) is 23.2 Å². The molecule has 4 fully saturated rings. The molecule has 30 heavy (non-hydrogen) atoms. The number of aliphatic hydroxyl groups is 2. The molecule has 4 rings (SSSR count). The van der Waals surface area contributed by atoms with Crippen molar-refractivity contribution in [1.29, 1.82) is 0 Å². The highest BCUT2D eigenvalue weighted by Gasteiger charge is 2.64. The Bertz CT molecular complexity index is 608. The van der Waals surface area contributed by atoms with Crippen molar-refractivity contribution < 1.29 is 10.2 Å². The van der Waals surface area contributed by atoms with Crippen LogP contribution in [0.25, 0.3) is 0 Å². The molecule has 0 amide bonds. The highest BCUT2D eigenvalue weighted by molar-refractivity contribution is 5.14. The van der Waals surface area contributed by atoms with Gasteiger partial charge in [0.2, 0.25) is 0 Å². The van der Waals surface area contributed by atoms with Gasteiger partial charge in [-0.15, -0.1) is 0 Å². The van der Waals surface area contributed by atoms with E-state index in [-0.39, 0.29) is 23.5 Å². The van der Waals surface area contributed by atoms with Crippen LogP contribution in [0.5, 0.6) is 0 Å². The number of nitrogens with two attached hydrogens (primary N) is 1. The van der Waals surface area contributed by atoms with Crippen molar-refractivity contribution in [3.8, 4) is 0 Å². The maximum atomic E-state index is 11.3. The lowest BCUT2D eigenvalue weighted by atomic mass is 9.42. The summed E-state index contributed by atoms with van der Waals surface area (Å²) in [5, 5.41) is 21.6. The van der Waals surface area contributed by atoms with Crippen molar-refractivity contribution in [2.24, 2.45) is 58.0 Å². The van der Waals surface area contributed by atoms with Gasteiger partial charge in [0.15, 0.2) is 0 Å². The average Bonchev–Trinajstić information content (AvgIpc) is 3.04. The lowest BCUT2D eigenvalue weighted by molar-refractivity contribution is -0.181. The molecule has 0 heterocycles. The second-order valence-electron chi connectivity index (χ2n) is 12.9.